The summed E-state index contributed by atoms with van der Waals surface area (Å²) in [4.78, 5) is -1.99. The standard InChI is InChI=1S/C26H23N5O18S6/c1-2-52(35,36)16-5-3-15(4-6-16)28-30-24-20(51-49-47-34)11-14-12-21(54(39,40)41)25(26(32)22(14)23(24)27)31-29-18-8-7-17(13-19(18)50-48-46-33)53(37,38)10-9-45-55(42,43)44/h2-8,11-13,32-34H,1,9-10,27H2,(H,39,40,41)(H,42,43,44). The van der Waals surface area contributed by atoms with Crippen LogP contribution >= 0.6 is 24.1 Å². The molecule has 23 nitrogen and oxygen atoms in total. The van der Waals surface area contributed by atoms with E-state index in [0.717, 1.165) is 35.7 Å². The maximum atomic E-state index is 12.7. The molecule has 0 bridgehead atoms. The van der Waals surface area contributed by atoms with E-state index in [0.29, 0.717) is 12.0 Å². The van der Waals surface area contributed by atoms with Crippen molar-refractivity contribution in [1.82, 2.24) is 0 Å². The molecule has 0 aliphatic heterocycles. The van der Waals surface area contributed by atoms with Gasteiger partial charge in [-0.2, -0.15) is 21.9 Å². The summed E-state index contributed by atoms with van der Waals surface area (Å²) >= 11 is 0.475. The molecular weight excluding hydrogens is 863 g/mol. The van der Waals surface area contributed by atoms with Gasteiger partial charge in [-0.25, -0.2) is 31.5 Å². The molecule has 7 N–H and O–H groups in total. The SMILES string of the molecule is C=CS(=O)(=O)c1ccc(N=Nc2c(SOOO)cc3cc(S(=O)(=O)O)c(N=Nc4ccc(S(=O)(=O)CCOS(=O)(=O)O)cc4SOOO)c(O)c3c2N)cc1. The van der Waals surface area contributed by atoms with Crippen molar-refractivity contribution in [3.05, 3.63) is 66.6 Å². The third kappa shape index (κ3) is 11.0. The van der Waals surface area contributed by atoms with Crippen LogP contribution in [-0.4, -0.2) is 70.8 Å². The van der Waals surface area contributed by atoms with Crippen molar-refractivity contribution in [2.24, 2.45) is 20.5 Å². The molecule has 0 saturated heterocycles. The smallest absolute Gasteiger partial charge is 0.397 e. The molecule has 29 heteroatoms. The number of phenols is 1. The summed E-state index contributed by atoms with van der Waals surface area (Å²) in [5, 5.41) is 51.8. The number of fused-ring (bicyclic) bond motifs is 1. The molecule has 4 rings (SSSR count). The predicted molar refractivity (Wildman–Crippen MR) is 189 cm³/mol. The first-order valence-electron chi connectivity index (χ1n) is 13.9. The summed E-state index contributed by atoms with van der Waals surface area (Å²) in [5.74, 6) is -1.94. The monoisotopic (exact) mass is 885 g/mol. The molecule has 0 atom stereocenters. The maximum absolute atomic E-state index is 12.7. The van der Waals surface area contributed by atoms with Crippen LogP contribution in [0.4, 0.5) is 28.4 Å². The van der Waals surface area contributed by atoms with Gasteiger partial charge in [0.2, 0.25) is 0 Å². The van der Waals surface area contributed by atoms with E-state index in [2.05, 4.69) is 50.0 Å². The van der Waals surface area contributed by atoms with Crippen molar-refractivity contribution in [3.8, 4) is 5.75 Å². The molecule has 0 fully saturated rings. The number of benzene rings is 4. The minimum absolute atomic E-state index is 0.0949. The molecule has 0 aromatic heterocycles. The van der Waals surface area contributed by atoms with Gasteiger partial charge < -0.3 is 10.8 Å². The molecule has 0 aliphatic rings. The van der Waals surface area contributed by atoms with E-state index >= 15 is 0 Å². The number of nitrogen functional groups attached to an aromatic ring is 1. The van der Waals surface area contributed by atoms with Crippen LogP contribution in [0.1, 0.15) is 0 Å². The van der Waals surface area contributed by atoms with E-state index in [1.54, 1.807) is 0 Å². The minimum Gasteiger partial charge on any atom is -0.505 e. The molecule has 0 saturated carbocycles. The molecule has 0 heterocycles. The zero-order chi connectivity index (χ0) is 40.8. The molecule has 0 spiro atoms. The number of rotatable bonds is 18. The number of hydrogen-bond acceptors (Lipinski definition) is 23. The number of azo groups is 2. The lowest BCUT2D eigenvalue weighted by Gasteiger charge is -2.14. The first kappa shape index (κ1) is 43.5. The highest BCUT2D eigenvalue weighted by atomic mass is 32.3. The largest absolute Gasteiger partial charge is 0.505 e. The molecule has 0 amide bonds. The van der Waals surface area contributed by atoms with Crippen LogP contribution in [-0.2, 0) is 63.1 Å². The van der Waals surface area contributed by atoms with E-state index in [1.807, 2.05) is 0 Å². The molecule has 0 radical (unpaired) electrons. The fourth-order valence-corrected chi connectivity index (χ4v) is 8.22. The van der Waals surface area contributed by atoms with Gasteiger partial charge in [0.25, 0.3) is 10.1 Å². The van der Waals surface area contributed by atoms with Gasteiger partial charge in [-0.3, -0.25) is 9.11 Å². The first-order chi connectivity index (χ1) is 25.7. The summed E-state index contributed by atoms with van der Waals surface area (Å²) in [7, 11) is -18.2. The van der Waals surface area contributed by atoms with E-state index in [4.69, 9.17) is 20.8 Å². The van der Waals surface area contributed by atoms with Gasteiger partial charge in [-0.15, -0.1) is 24.0 Å². The average molecular weight is 886 g/mol. The van der Waals surface area contributed by atoms with Crippen LogP contribution in [0.2, 0.25) is 0 Å². The van der Waals surface area contributed by atoms with Crippen molar-refractivity contribution in [2.45, 2.75) is 24.5 Å². The quantitative estimate of drug-likeness (QED) is 0.0177. The summed E-state index contributed by atoms with van der Waals surface area (Å²) in [6, 6.07) is 9.80. The Hall–Kier alpha value is -4.18. The van der Waals surface area contributed by atoms with Crippen LogP contribution in [0.5, 0.6) is 5.75 Å². The van der Waals surface area contributed by atoms with Gasteiger partial charge in [-0.05, 0) is 60.0 Å². The van der Waals surface area contributed by atoms with Gasteiger partial charge >= 0.3 is 10.4 Å². The van der Waals surface area contributed by atoms with Gasteiger partial charge in [0, 0.05) is 5.41 Å². The average Bonchev–Trinajstić information content (AvgIpc) is 3.11. The lowest BCUT2D eigenvalue weighted by molar-refractivity contribution is -0.432. The third-order valence-electron chi connectivity index (χ3n) is 6.68. The predicted octanol–water partition coefficient (Wildman–Crippen LogP) is 5.57. The van der Waals surface area contributed by atoms with Crippen LogP contribution in [0.15, 0.2) is 112 Å². The molecule has 4 aromatic carbocycles. The van der Waals surface area contributed by atoms with Crippen molar-refractivity contribution >= 4 is 103 Å². The number of hydrogen-bond donors (Lipinski definition) is 6. The van der Waals surface area contributed by atoms with Crippen LogP contribution in [0.25, 0.3) is 10.8 Å². The Bertz CT molecular complexity index is 2620. The Morgan fingerprint density at radius 3 is 1.95 bits per heavy atom. The number of nitrogens with zero attached hydrogens (tertiary/aromatic N) is 4. The zero-order valence-electron chi connectivity index (χ0n) is 26.8. The lowest BCUT2D eigenvalue weighted by Crippen LogP contribution is -2.15. The number of phenolic OH excluding ortho intramolecular Hbond substituents is 1. The Morgan fingerprint density at radius 1 is 0.764 bits per heavy atom. The van der Waals surface area contributed by atoms with Gasteiger partial charge in [0.15, 0.2) is 25.4 Å². The van der Waals surface area contributed by atoms with Gasteiger partial charge in [-0.1, -0.05) is 16.7 Å². The number of anilines is 1. The van der Waals surface area contributed by atoms with E-state index < -0.39 is 79.5 Å². The highest BCUT2D eigenvalue weighted by molar-refractivity contribution is 7.95. The van der Waals surface area contributed by atoms with Crippen LogP contribution < -0.4 is 5.73 Å². The summed E-state index contributed by atoms with van der Waals surface area (Å²) in [6.45, 7) is 2.28. The minimum atomic E-state index is -5.22. The molecule has 0 aliphatic carbocycles. The van der Waals surface area contributed by atoms with Crippen molar-refractivity contribution in [2.75, 3.05) is 18.1 Å². The zero-order valence-corrected chi connectivity index (χ0v) is 31.7. The Labute approximate surface area is 318 Å². The number of sulfone groups is 2. The Morgan fingerprint density at radius 2 is 1.36 bits per heavy atom. The second-order valence-electron chi connectivity index (χ2n) is 10.0. The molecule has 4 aromatic rings. The topological polar surface area (TPSA) is 359 Å². The maximum Gasteiger partial charge on any atom is 0.397 e. The van der Waals surface area contributed by atoms with Crippen LogP contribution in [0.3, 0.4) is 0 Å². The van der Waals surface area contributed by atoms with Crippen LogP contribution in [0, 0.1) is 0 Å². The summed E-state index contributed by atoms with van der Waals surface area (Å²) in [5.41, 5.74) is 4.55. The normalized spacial score (nSPS) is 12.9. The van der Waals surface area contributed by atoms with E-state index in [9.17, 15) is 43.3 Å². The second kappa shape index (κ2) is 17.7. The Balaban J connectivity index is 1.86. The highest BCUT2D eigenvalue weighted by Crippen LogP contribution is 2.49. The molecular formula is C26H23N5O18S6. The first-order valence-corrected chi connectivity index (χ1v) is 21.4. The lowest BCUT2D eigenvalue weighted by atomic mass is 10.1. The van der Waals surface area contributed by atoms with E-state index in [1.165, 1.54) is 24.3 Å². The number of nitrogens with two attached hydrogens (primary N) is 1. The summed E-state index contributed by atoms with van der Waals surface area (Å²) in [6.07, 6.45) is 0. The fourth-order valence-electron chi connectivity index (χ4n) is 4.29. The van der Waals surface area contributed by atoms with Crippen molar-refractivity contribution < 1.29 is 81.3 Å². The molecule has 296 valence electrons. The molecule has 0 unspecified atom stereocenters. The highest BCUT2D eigenvalue weighted by Gasteiger charge is 2.26. The van der Waals surface area contributed by atoms with Crippen molar-refractivity contribution in [1.29, 1.82) is 0 Å². The second-order valence-corrected chi connectivity index (χ2v) is 18.0. The third-order valence-corrected chi connectivity index (χ3v) is 12.3. The van der Waals surface area contributed by atoms with Crippen molar-refractivity contribution in [3.63, 3.8) is 0 Å². The molecule has 55 heavy (non-hydrogen) atoms. The van der Waals surface area contributed by atoms with E-state index in [-0.39, 0.29) is 54.6 Å². The Kier molecular flexibility index (Phi) is 14.0. The summed E-state index contributed by atoms with van der Waals surface area (Å²) < 4.78 is 128. The fraction of sp³-hybridized carbons (Fsp3) is 0.0769. The van der Waals surface area contributed by atoms with Gasteiger partial charge in [0.1, 0.15) is 22.0 Å². The van der Waals surface area contributed by atoms with Gasteiger partial charge in [0.05, 0.1) is 72.8 Å². The number of aromatic hydroxyl groups is 1.